The van der Waals surface area contributed by atoms with E-state index in [9.17, 15) is 13.6 Å². The number of hydrogen-bond donors (Lipinski definition) is 1. The predicted octanol–water partition coefficient (Wildman–Crippen LogP) is 3.32. The van der Waals surface area contributed by atoms with Crippen LogP contribution in [-0.2, 0) is 0 Å². The second kappa shape index (κ2) is 6.64. The SMILES string of the molecule is O=C(Nc1ccc(F)c(F)c1)N1CCN(c2ccccc2)CC1. The molecule has 1 N–H and O–H groups in total. The molecule has 2 aromatic rings. The Morgan fingerprint density at radius 3 is 2.26 bits per heavy atom. The zero-order valence-corrected chi connectivity index (χ0v) is 12.5. The van der Waals surface area contributed by atoms with Crippen molar-refractivity contribution in [3.63, 3.8) is 0 Å². The number of rotatable bonds is 2. The van der Waals surface area contributed by atoms with Gasteiger partial charge in [0.15, 0.2) is 11.6 Å². The van der Waals surface area contributed by atoms with Crippen molar-refractivity contribution in [1.29, 1.82) is 0 Å². The van der Waals surface area contributed by atoms with Crippen molar-refractivity contribution in [3.8, 4) is 0 Å². The second-order valence-electron chi connectivity index (χ2n) is 5.37. The highest BCUT2D eigenvalue weighted by molar-refractivity contribution is 5.89. The number of para-hydroxylation sites is 1. The topological polar surface area (TPSA) is 35.6 Å². The average molecular weight is 317 g/mol. The highest BCUT2D eigenvalue weighted by atomic mass is 19.2. The summed E-state index contributed by atoms with van der Waals surface area (Å²) in [6.07, 6.45) is 0. The number of nitrogens with one attached hydrogen (secondary N) is 1. The Labute approximate surface area is 133 Å². The summed E-state index contributed by atoms with van der Waals surface area (Å²) in [6.45, 7) is 2.61. The van der Waals surface area contributed by atoms with Gasteiger partial charge in [0.25, 0.3) is 0 Å². The minimum absolute atomic E-state index is 0.249. The number of amides is 2. The number of piperazine rings is 1. The maximum absolute atomic E-state index is 13.2. The van der Waals surface area contributed by atoms with E-state index in [4.69, 9.17) is 0 Å². The molecule has 0 aromatic heterocycles. The summed E-state index contributed by atoms with van der Waals surface area (Å²) in [7, 11) is 0. The van der Waals surface area contributed by atoms with Crippen molar-refractivity contribution in [2.24, 2.45) is 0 Å². The van der Waals surface area contributed by atoms with Crippen LogP contribution in [0.5, 0.6) is 0 Å². The van der Waals surface area contributed by atoms with E-state index in [2.05, 4.69) is 10.2 Å². The molecule has 0 saturated carbocycles. The van der Waals surface area contributed by atoms with E-state index < -0.39 is 11.6 Å². The smallest absolute Gasteiger partial charge is 0.321 e. The van der Waals surface area contributed by atoms with Crippen molar-refractivity contribution in [2.75, 3.05) is 36.4 Å². The van der Waals surface area contributed by atoms with Gasteiger partial charge in [-0.25, -0.2) is 13.6 Å². The Bertz CT molecular complexity index is 685. The van der Waals surface area contributed by atoms with Gasteiger partial charge in [0.2, 0.25) is 0 Å². The molecule has 1 fully saturated rings. The molecule has 1 aliphatic rings. The number of hydrogen-bond acceptors (Lipinski definition) is 2. The third kappa shape index (κ3) is 3.59. The fraction of sp³-hybridized carbons (Fsp3) is 0.235. The first-order valence-electron chi connectivity index (χ1n) is 7.44. The van der Waals surface area contributed by atoms with Gasteiger partial charge in [-0.15, -0.1) is 0 Å². The average Bonchev–Trinajstić information content (AvgIpc) is 2.59. The van der Waals surface area contributed by atoms with Gasteiger partial charge in [-0.3, -0.25) is 0 Å². The van der Waals surface area contributed by atoms with Crippen LogP contribution in [0.1, 0.15) is 0 Å². The van der Waals surface area contributed by atoms with Crippen LogP contribution in [-0.4, -0.2) is 37.1 Å². The first kappa shape index (κ1) is 15.3. The van der Waals surface area contributed by atoms with E-state index in [0.29, 0.717) is 13.1 Å². The predicted molar refractivity (Wildman–Crippen MR) is 85.6 cm³/mol. The number of carbonyl (C=O) groups is 1. The normalized spacial score (nSPS) is 14.7. The molecule has 4 nitrogen and oxygen atoms in total. The van der Waals surface area contributed by atoms with Crippen LogP contribution in [0.3, 0.4) is 0 Å². The summed E-state index contributed by atoms with van der Waals surface area (Å²) < 4.78 is 26.1. The summed E-state index contributed by atoms with van der Waals surface area (Å²) in [5.74, 6) is -1.91. The monoisotopic (exact) mass is 317 g/mol. The van der Waals surface area contributed by atoms with E-state index in [1.54, 1.807) is 4.90 Å². The lowest BCUT2D eigenvalue weighted by Gasteiger charge is -2.36. The molecule has 1 heterocycles. The number of anilines is 2. The highest BCUT2D eigenvalue weighted by Crippen LogP contribution is 2.17. The Morgan fingerprint density at radius 2 is 1.61 bits per heavy atom. The van der Waals surface area contributed by atoms with E-state index in [1.165, 1.54) is 6.07 Å². The van der Waals surface area contributed by atoms with Gasteiger partial charge in [0.1, 0.15) is 0 Å². The van der Waals surface area contributed by atoms with Crippen molar-refractivity contribution in [3.05, 3.63) is 60.2 Å². The summed E-state index contributed by atoms with van der Waals surface area (Å²) in [5.41, 5.74) is 1.38. The van der Waals surface area contributed by atoms with E-state index in [1.807, 2.05) is 30.3 Å². The number of urea groups is 1. The van der Waals surface area contributed by atoms with Crippen LogP contribution in [0.4, 0.5) is 25.0 Å². The molecule has 2 aromatic carbocycles. The standard InChI is InChI=1S/C17H17F2N3O/c18-15-7-6-13(12-16(15)19)20-17(23)22-10-8-21(9-11-22)14-4-2-1-3-5-14/h1-7,12H,8-11H2,(H,20,23). The van der Waals surface area contributed by atoms with Crippen molar-refractivity contribution >= 4 is 17.4 Å². The molecule has 1 saturated heterocycles. The maximum atomic E-state index is 13.2. The molecule has 120 valence electrons. The lowest BCUT2D eigenvalue weighted by molar-refractivity contribution is 0.208. The van der Waals surface area contributed by atoms with Gasteiger partial charge in [-0.1, -0.05) is 18.2 Å². The third-order valence-electron chi connectivity index (χ3n) is 3.86. The molecule has 0 spiro atoms. The lowest BCUT2D eigenvalue weighted by Crippen LogP contribution is -2.50. The van der Waals surface area contributed by atoms with Crippen molar-refractivity contribution in [1.82, 2.24) is 4.90 Å². The Morgan fingerprint density at radius 1 is 0.913 bits per heavy atom. The molecule has 0 atom stereocenters. The fourth-order valence-corrected chi connectivity index (χ4v) is 2.58. The van der Waals surface area contributed by atoms with Crippen LogP contribution in [0.15, 0.2) is 48.5 Å². The molecule has 0 aliphatic carbocycles. The molecule has 2 amide bonds. The van der Waals surface area contributed by atoms with Crippen LogP contribution < -0.4 is 10.2 Å². The molecule has 6 heteroatoms. The second-order valence-corrected chi connectivity index (χ2v) is 5.37. The molecule has 0 unspecified atom stereocenters. The molecular formula is C17H17F2N3O. The summed E-state index contributed by atoms with van der Waals surface area (Å²) in [4.78, 5) is 16.1. The largest absolute Gasteiger partial charge is 0.368 e. The maximum Gasteiger partial charge on any atom is 0.321 e. The van der Waals surface area contributed by atoms with Gasteiger partial charge in [0, 0.05) is 43.6 Å². The van der Waals surface area contributed by atoms with Crippen LogP contribution in [0, 0.1) is 11.6 Å². The van der Waals surface area contributed by atoms with Crippen LogP contribution in [0.25, 0.3) is 0 Å². The molecule has 0 radical (unpaired) electrons. The number of nitrogens with zero attached hydrogens (tertiary/aromatic N) is 2. The number of benzene rings is 2. The van der Waals surface area contributed by atoms with E-state index in [0.717, 1.165) is 30.9 Å². The molecule has 0 bridgehead atoms. The van der Waals surface area contributed by atoms with Crippen molar-refractivity contribution < 1.29 is 13.6 Å². The quantitative estimate of drug-likeness (QED) is 0.922. The molecule has 3 rings (SSSR count). The van der Waals surface area contributed by atoms with Crippen LogP contribution in [0.2, 0.25) is 0 Å². The Hall–Kier alpha value is -2.63. The number of carbonyl (C=O) groups excluding carboxylic acids is 1. The summed E-state index contributed by atoms with van der Waals surface area (Å²) in [6, 6.07) is 13.0. The first-order chi connectivity index (χ1) is 11.1. The van der Waals surface area contributed by atoms with Gasteiger partial charge in [-0.2, -0.15) is 0 Å². The van der Waals surface area contributed by atoms with Crippen LogP contribution >= 0.6 is 0 Å². The van der Waals surface area contributed by atoms with E-state index in [-0.39, 0.29) is 11.7 Å². The highest BCUT2D eigenvalue weighted by Gasteiger charge is 2.21. The summed E-state index contributed by atoms with van der Waals surface area (Å²) >= 11 is 0. The van der Waals surface area contributed by atoms with Gasteiger partial charge in [0.05, 0.1) is 0 Å². The minimum Gasteiger partial charge on any atom is -0.368 e. The Balaban J connectivity index is 1.57. The lowest BCUT2D eigenvalue weighted by atomic mass is 10.2. The molecule has 23 heavy (non-hydrogen) atoms. The van der Waals surface area contributed by atoms with E-state index >= 15 is 0 Å². The first-order valence-corrected chi connectivity index (χ1v) is 7.44. The Kier molecular flexibility index (Phi) is 4.41. The number of halogens is 2. The van der Waals surface area contributed by atoms with Gasteiger partial charge < -0.3 is 15.1 Å². The zero-order chi connectivity index (χ0) is 16.2. The zero-order valence-electron chi connectivity index (χ0n) is 12.5. The van der Waals surface area contributed by atoms with Gasteiger partial charge in [-0.05, 0) is 24.3 Å². The van der Waals surface area contributed by atoms with Gasteiger partial charge >= 0.3 is 6.03 Å². The minimum atomic E-state index is -0.975. The third-order valence-corrected chi connectivity index (χ3v) is 3.86. The molecular weight excluding hydrogens is 300 g/mol. The summed E-state index contributed by atoms with van der Waals surface area (Å²) in [5, 5.41) is 2.60. The fourth-order valence-electron chi connectivity index (χ4n) is 2.58. The van der Waals surface area contributed by atoms with Crippen molar-refractivity contribution in [2.45, 2.75) is 0 Å². The molecule has 1 aliphatic heterocycles.